The number of amides is 1. The number of aliphatic hydroxyl groups excluding tert-OH is 3. The molecule has 0 saturated carbocycles. The largest absolute Gasteiger partial charge is 0.394 e. The predicted molar refractivity (Wildman–Crippen MR) is 132 cm³/mol. The van der Waals surface area contributed by atoms with Gasteiger partial charge in [0, 0.05) is 44.0 Å². The molecule has 9 nitrogen and oxygen atoms in total. The van der Waals surface area contributed by atoms with E-state index in [2.05, 4.69) is 34.5 Å². The highest BCUT2D eigenvalue weighted by Crippen LogP contribution is 2.24. The number of halogens is 2. The zero-order valence-electron chi connectivity index (χ0n) is 19.8. The third-order valence-corrected chi connectivity index (χ3v) is 6.23. The molecular weight excluding hydrogens is 485 g/mol. The molecule has 0 aliphatic carbocycles. The lowest BCUT2D eigenvalue weighted by atomic mass is 9.95. The number of rotatable bonds is 14. The Morgan fingerprint density at radius 1 is 1.09 bits per heavy atom. The minimum Gasteiger partial charge on any atom is -0.394 e. The van der Waals surface area contributed by atoms with Crippen LogP contribution in [0.1, 0.15) is 25.3 Å². The second-order valence-corrected chi connectivity index (χ2v) is 9.02. The third kappa shape index (κ3) is 8.20. The summed E-state index contributed by atoms with van der Waals surface area (Å²) in [6.45, 7) is 2.80. The number of hydroxylamine groups is 2. The molecule has 0 aromatic heterocycles. The maximum absolute atomic E-state index is 11.6. The van der Waals surface area contributed by atoms with Crippen LogP contribution in [0.3, 0.4) is 0 Å². The van der Waals surface area contributed by atoms with E-state index in [1.54, 1.807) is 0 Å². The van der Waals surface area contributed by atoms with Gasteiger partial charge in [-0.2, -0.15) is 5.06 Å². The number of alkyl halides is 2. The van der Waals surface area contributed by atoms with Crippen molar-refractivity contribution in [3.63, 3.8) is 0 Å². The Balaban J connectivity index is 1.93. The minimum atomic E-state index is -1.33. The van der Waals surface area contributed by atoms with Crippen molar-refractivity contribution in [3.05, 3.63) is 29.8 Å². The smallest absolute Gasteiger partial charge is 0.217 e. The normalized spacial score (nSPS) is 24.9. The number of aryl methyl sites for hydroxylation is 1. The molecule has 1 aliphatic rings. The summed E-state index contributed by atoms with van der Waals surface area (Å²) in [6.07, 6.45) is -1.99. The summed E-state index contributed by atoms with van der Waals surface area (Å²) in [4.78, 5) is 19.3. The Kier molecular flexibility index (Phi) is 12.9. The maximum atomic E-state index is 11.6. The number of nitrogens with one attached hydrogen (secondary N) is 1. The molecule has 194 valence electrons. The predicted octanol–water partition coefficient (Wildman–Crippen LogP) is 1.10. The Morgan fingerprint density at radius 3 is 2.26 bits per heavy atom. The van der Waals surface area contributed by atoms with Crippen molar-refractivity contribution < 1.29 is 29.7 Å². The van der Waals surface area contributed by atoms with Crippen molar-refractivity contribution in [2.45, 2.75) is 56.8 Å². The van der Waals surface area contributed by atoms with Crippen LogP contribution in [0, 0.1) is 0 Å². The molecular formula is C23H37Cl2N3O6. The van der Waals surface area contributed by atoms with Gasteiger partial charge in [-0.05, 0) is 37.0 Å². The monoisotopic (exact) mass is 521 g/mol. The fourth-order valence-corrected chi connectivity index (χ4v) is 4.51. The standard InChI is InChI=1S/C23H37Cl2N3O6/c1-16(30)26-20-22(32)21(31)19(15-29)34-23(20)28(33-2)12-4-3-5-17-6-8-18(9-7-17)27(13-10-24)14-11-25/h6-9,19-23,29,31-32H,3-5,10-15H2,1-2H3,(H,26,30)/t19-,20+,21-,22-,23?/m1/s1. The number of carbonyl (C=O) groups excluding carboxylic acids is 1. The Labute approximate surface area is 211 Å². The molecule has 34 heavy (non-hydrogen) atoms. The van der Waals surface area contributed by atoms with Crippen LogP contribution in [0.2, 0.25) is 0 Å². The number of ether oxygens (including phenoxy) is 1. The van der Waals surface area contributed by atoms with E-state index in [1.165, 1.54) is 24.7 Å². The van der Waals surface area contributed by atoms with Crippen LogP contribution in [0.25, 0.3) is 0 Å². The molecule has 1 aliphatic heterocycles. The number of hydrogen-bond acceptors (Lipinski definition) is 8. The molecule has 1 aromatic rings. The van der Waals surface area contributed by atoms with Crippen LogP contribution >= 0.6 is 23.2 Å². The van der Waals surface area contributed by atoms with Crippen molar-refractivity contribution in [2.24, 2.45) is 0 Å². The average molecular weight is 522 g/mol. The van der Waals surface area contributed by atoms with Crippen LogP contribution < -0.4 is 10.2 Å². The first-order valence-electron chi connectivity index (χ1n) is 11.5. The lowest BCUT2D eigenvalue weighted by Crippen LogP contribution is -2.67. The molecule has 5 atom stereocenters. The van der Waals surface area contributed by atoms with Gasteiger partial charge in [-0.3, -0.25) is 9.63 Å². The van der Waals surface area contributed by atoms with Crippen molar-refractivity contribution in [3.8, 4) is 0 Å². The topological polar surface area (TPSA) is 115 Å². The van der Waals surface area contributed by atoms with Gasteiger partial charge in [0.15, 0.2) is 6.23 Å². The lowest BCUT2D eigenvalue weighted by molar-refractivity contribution is -0.304. The first-order chi connectivity index (χ1) is 16.4. The highest BCUT2D eigenvalue weighted by Gasteiger charge is 2.47. The number of unbranched alkanes of at least 4 members (excludes halogenated alkanes) is 1. The van der Waals surface area contributed by atoms with Crippen LogP contribution in [-0.2, 0) is 20.8 Å². The number of benzene rings is 1. The van der Waals surface area contributed by atoms with Gasteiger partial charge in [0.25, 0.3) is 0 Å². The van der Waals surface area contributed by atoms with Gasteiger partial charge < -0.3 is 30.3 Å². The van der Waals surface area contributed by atoms with Crippen molar-refractivity contribution in [2.75, 3.05) is 50.0 Å². The van der Waals surface area contributed by atoms with Crippen LogP contribution in [0.5, 0.6) is 0 Å². The first kappa shape index (κ1) is 29.1. The molecule has 0 spiro atoms. The van der Waals surface area contributed by atoms with E-state index in [9.17, 15) is 20.1 Å². The van der Waals surface area contributed by atoms with Crippen LogP contribution in [-0.4, -0.2) is 102 Å². The average Bonchev–Trinajstić information content (AvgIpc) is 2.83. The second kappa shape index (κ2) is 15.1. The van der Waals surface area contributed by atoms with Gasteiger partial charge in [0.05, 0.1) is 19.8 Å². The van der Waals surface area contributed by atoms with Crippen LogP contribution in [0.15, 0.2) is 24.3 Å². The molecule has 1 unspecified atom stereocenters. The Morgan fingerprint density at radius 2 is 1.74 bits per heavy atom. The van der Waals surface area contributed by atoms with E-state index in [-0.39, 0.29) is 5.91 Å². The molecule has 2 rings (SSSR count). The molecule has 1 heterocycles. The van der Waals surface area contributed by atoms with E-state index < -0.39 is 37.2 Å². The molecule has 1 saturated heterocycles. The molecule has 1 aromatic carbocycles. The van der Waals surface area contributed by atoms with E-state index in [4.69, 9.17) is 32.8 Å². The van der Waals surface area contributed by atoms with Gasteiger partial charge in [0.1, 0.15) is 18.3 Å². The fraction of sp³-hybridized carbons (Fsp3) is 0.696. The van der Waals surface area contributed by atoms with Gasteiger partial charge in [0.2, 0.25) is 5.91 Å². The zero-order valence-corrected chi connectivity index (χ0v) is 21.3. The van der Waals surface area contributed by atoms with Crippen molar-refractivity contribution in [1.82, 2.24) is 10.4 Å². The molecule has 0 radical (unpaired) electrons. The van der Waals surface area contributed by atoms with E-state index in [0.29, 0.717) is 18.3 Å². The SMILES string of the molecule is CON(CCCCc1ccc(N(CCCl)CCCl)cc1)C1O[C@H](CO)[C@@H](O)[C@H](O)[C@@H]1NC(C)=O. The molecule has 0 bridgehead atoms. The number of aliphatic hydroxyl groups is 3. The first-order valence-corrected chi connectivity index (χ1v) is 12.6. The highest BCUT2D eigenvalue weighted by molar-refractivity contribution is 6.18. The quantitative estimate of drug-likeness (QED) is 0.163. The summed E-state index contributed by atoms with van der Waals surface area (Å²) in [5, 5.41) is 34.3. The zero-order chi connectivity index (χ0) is 25.1. The summed E-state index contributed by atoms with van der Waals surface area (Å²) < 4.78 is 5.78. The summed E-state index contributed by atoms with van der Waals surface area (Å²) in [5.74, 6) is 0.705. The minimum absolute atomic E-state index is 0.373. The van der Waals surface area contributed by atoms with Crippen molar-refractivity contribution in [1.29, 1.82) is 0 Å². The summed E-state index contributed by atoms with van der Waals surface area (Å²) in [5.41, 5.74) is 2.29. The number of anilines is 1. The van der Waals surface area contributed by atoms with Crippen molar-refractivity contribution >= 4 is 34.8 Å². The van der Waals surface area contributed by atoms with Gasteiger partial charge >= 0.3 is 0 Å². The molecule has 1 amide bonds. The number of hydrogen-bond donors (Lipinski definition) is 4. The maximum Gasteiger partial charge on any atom is 0.217 e. The van der Waals surface area contributed by atoms with Gasteiger partial charge in [-0.25, -0.2) is 0 Å². The third-order valence-electron chi connectivity index (χ3n) is 5.89. The van der Waals surface area contributed by atoms with Gasteiger partial charge in [-0.15, -0.1) is 23.2 Å². The summed E-state index contributed by atoms with van der Waals surface area (Å²) in [6, 6.07) is 7.43. The van der Waals surface area contributed by atoms with E-state index >= 15 is 0 Å². The molecule has 4 N–H and O–H groups in total. The summed E-state index contributed by atoms with van der Waals surface area (Å²) >= 11 is 11.8. The van der Waals surface area contributed by atoms with Gasteiger partial charge in [-0.1, -0.05) is 12.1 Å². The highest BCUT2D eigenvalue weighted by atomic mass is 35.5. The Bertz CT molecular complexity index is 723. The molecule has 11 heteroatoms. The number of carbonyl (C=O) groups is 1. The second-order valence-electron chi connectivity index (χ2n) is 8.27. The summed E-state index contributed by atoms with van der Waals surface area (Å²) in [7, 11) is 1.48. The number of nitrogens with zero attached hydrogens (tertiary/aromatic N) is 2. The van der Waals surface area contributed by atoms with E-state index in [0.717, 1.165) is 38.0 Å². The lowest BCUT2D eigenvalue weighted by Gasteiger charge is -2.45. The molecule has 1 fully saturated rings. The fourth-order valence-electron chi connectivity index (χ4n) is 4.10. The Hall–Kier alpha value is -1.17. The van der Waals surface area contributed by atoms with E-state index in [1.807, 2.05) is 0 Å². The van der Waals surface area contributed by atoms with Crippen LogP contribution in [0.4, 0.5) is 5.69 Å².